The molecule has 0 saturated carbocycles. The fraction of sp³-hybridized carbons (Fsp3) is 0.267. The summed E-state index contributed by atoms with van der Waals surface area (Å²) in [6.45, 7) is 6.25. The molecule has 0 bridgehead atoms. The monoisotopic (exact) mass is 496 g/mol. The van der Waals surface area contributed by atoms with Crippen LogP contribution in [0.15, 0.2) is 83.9 Å². The number of rotatable bonds is 8. The fourth-order valence-electron chi connectivity index (χ4n) is 4.57. The highest BCUT2D eigenvalue weighted by Crippen LogP contribution is 2.31. The summed E-state index contributed by atoms with van der Waals surface area (Å²) in [5.74, 6) is 0.00651. The zero-order valence-electron chi connectivity index (χ0n) is 21.0. The zero-order valence-corrected chi connectivity index (χ0v) is 21.0. The van der Waals surface area contributed by atoms with Gasteiger partial charge in [-0.2, -0.15) is 0 Å². The molecule has 4 aromatic rings. The summed E-state index contributed by atoms with van der Waals surface area (Å²) in [5, 5.41) is 14.7. The smallest absolute Gasteiger partial charge is 0.227 e. The summed E-state index contributed by atoms with van der Waals surface area (Å²) < 4.78 is 5.39. The molecule has 1 atom stereocenters. The maximum absolute atomic E-state index is 12.7. The van der Waals surface area contributed by atoms with Crippen LogP contribution in [0.1, 0.15) is 24.5 Å². The van der Waals surface area contributed by atoms with Gasteiger partial charge < -0.3 is 20.1 Å². The maximum Gasteiger partial charge on any atom is 0.227 e. The highest BCUT2D eigenvalue weighted by molar-refractivity contribution is 6.21. The highest BCUT2D eigenvalue weighted by atomic mass is 16.5. The van der Waals surface area contributed by atoms with Crippen molar-refractivity contribution in [3.05, 3.63) is 90.0 Å². The third kappa shape index (κ3) is 5.90. The lowest BCUT2D eigenvalue weighted by Gasteiger charge is -2.27. The molecule has 0 radical (unpaired) electrons. The molecule has 1 fully saturated rings. The number of ether oxygens (including phenoxy) is 1. The molecule has 1 unspecified atom stereocenters. The summed E-state index contributed by atoms with van der Waals surface area (Å²) in [7, 11) is 0. The number of aliphatic imine (C=N–C) groups is 1. The fourth-order valence-corrected chi connectivity index (χ4v) is 4.57. The summed E-state index contributed by atoms with van der Waals surface area (Å²) in [4.78, 5) is 23.1. The summed E-state index contributed by atoms with van der Waals surface area (Å²) in [6, 6.07) is 25.1. The van der Waals surface area contributed by atoms with Crippen molar-refractivity contribution in [3.8, 4) is 5.88 Å². The second-order valence-corrected chi connectivity index (χ2v) is 9.40. The number of amides is 1. The topological polar surface area (TPSA) is 89.9 Å². The van der Waals surface area contributed by atoms with Crippen molar-refractivity contribution in [2.24, 2.45) is 10.9 Å². The number of H-pyrrole nitrogens is 1. The number of nitrogens with one attached hydrogen (secondary N) is 2. The molecule has 7 heteroatoms. The first-order valence-corrected chi connectivity index (χ1v) is 12.7. The average Bonchev–Trinajstić information content (AvgIpc) is 3.27. The number of carbonyl (C=O) groups is 1. The van der Waals surface area contributed by atoms with Crippen LogP contribution in [-0.4, -0.2) is 59.5 Å². The molecule has 1 aliphatic heterocycles. The van der Waals surface area contributed by atoms with E-state index in [0.717, 1.165) is 67.1 Å². The number of nitrogens with zero attached hydrogens (tertiary/aromatic N) is 2. The Morgan fingerprint density at radius 3 is 2.49 bits per heavy atom. The molecular weight excluding hydrogens is 464 g/mol. The van der Waals surface area contributed by atoms with Crippen LogP contribution in [0, 0.1) is 5.92 Å². The molecule has 1 amide bonds. The number of benzene rings is 3. The molecule has 37 heavy (non-hydrogen) atoms. The van der Waals surface area contributed by atoms with Gasteiger partial charge in [0.2, 0.25) is 5.91 Å². The Bertz CT molecular complexity index is 1370. The van der Waals surface area contributed by atoms with E-state index in [1.54, 1.807) is 0 Å². The number of anilines is 1. The molecule has 2 heterocycles. The second-order valence-electron chi connectivity index (χ2n) is 9.40. The number of aromatic hydroxyl groups is 1. The number of aromatic amines is 1. The molecule has 5 rings (SSSR count). The van der Waals surface area contributed by atoms with E-state index in [1.165, 1.54) is 0 Å². The number of aromatic nitrogens is 1. The first-order valence-electron chi connectivity index (χ1n) is 12.7. The molecule has 1 saturated heterocycles. The molecule has 1 aliphatic rings. The van der Waals surface area contributed by atoms with Gasteiger partial charge in [0.25, 0.3) is 0 Å². The minimum atomic E-state index is -0.0879. The van der Waals surface area contributed by atoms with Crippen LogP contribution in [0.2, 0.25) is 0 Å². The van der Waals surface area contributed by atoms with Crippen molar-refractivity contribution < 1.29 is 14.6 Å². The number of hydrogen-bond acceptors (Lipinski definition) is 5. The average molecular weight is 497 g/mol. The van der Waals surface area contributed by atoms with Crippen LogP contribution in [0.4, 0.5) is 11.4 Å². The predicted molar refractivity (Wildman–Crippen MR) is 148 cm³/mol. The normalized spacial score (nSPS) is 15.5. The second kappa shape index (κ2) is 11.4. The molecule has 0 aliphatic carbocycles. The lowest BCUT2D eigenvalue weighted by molar-refractivity contribution is -0.119. The quantitative estimate of drug-likeness (QED) is 0.287. The van der Waals surface area contributed by atoms with Gasteiger partial charge in [-0.3, -0.25) is 9.69 Å². The summed E-state index contributed by atoms with van der Waals surface area (Å²) in [5.41, 5.74) is 4.53. The Morgan fingerprint density at radius 1 is 1.03 bits per heavy atom. The van der Waals surface area contributed by atoms with Gasteiger partial charge in [0.1, 0.15) is 0 Å². The first kappa shape index (κ1) is 24.7. The lowest BCUT2D eigenvalue weighted by atomic mass is 10.0. The van der Waals surface area contributed by atoms with Gasteiger partial charge in [-0.1, -0.05) is 55.5 Å². The minimum absolute atomic E-state index is 0.0122. The molecule has 7 nitrogen and oxygen atoms in total. The number of fused-ring (bicyclic) bond motifs is 1. The van der Waals surface area contributed by atoms with E-state index in [1.807, 2.05) is 85.8 Å². The van der Waals surface area contributed by atoms with Gasteiger partial charge in [0, 0.05) is 41.2 Å². The van der Waals surface area contributed by atoms with Crippen molar-refractivity contribution in [3.63, 3.8) is 0 Å². The number of carbonyl (C=O) groups excluding carboxylic acids is 1. The molecule has 1 aromatic heterocycles. The third-order valence-electron chi connectivity index (χ3n) is 6.78. The first-order chi connectivity index (χ1) is 18.1. The molecule has 190 valence electrons. The van der Waals surface area contributed by atoms with E-state index in [2.05, 4.69) is 15.2 Å². The molecule has 3 aromatic carbocycles. The lowest BCUT2D eigenvalue weighted by Crippen LogP contribution is -2.38. The number of morpholine rings is 1. The molecular formula is C30H32N4O3. The van der Waals surface area contributed by atoms with E-state index in [4.69, 9.17) is 9.73 Å². The van der Waals surface area contributed by atoms with Crippen LogP contribution in [0.25, 0.3) is 10.9 Å². The van der Waals surface area contributed by atoms with Crippen molar-refractivity contribution in [2.75, 3.05) is 38.2 Å². The third-order valence-corrected chi connectivity index (χ3v) is 6.78. The predicted octanol–water partition coefficient (Wildman–Crippen LogP) is 5.34. The minimum Gasteiger partial charge on any atom is -0.494 e. The maximum atomic E-state index is 12.7. The van der Waals surface area contributed by atoms with E-state index in [-0.39, 0.29) is 17.7 Å². The van der Waals surface area contributed by atoms with Gasteiger partial charge >= 0.3 is 0 Å². The van der Waals surface area contributed by atoms with E-state index < -0.39 is 0 Å². The van der Waals surface area contributed by atoms with Gasteiger partial charge in [0.15, 0.2) is 5.88 Å². The largest absolute Gasteiger partial charge is 0.494 e. The van der Waals surface area contributed by atoms with Crippen LogP contribution < -0.4 is 5.32 Å². The van der Waals surface area contributed by atoms with Gasteiger partial charge in [-0.25, -0.2) is 4.99 Å². The van der Waals surface area contributed by atoms with Gasteiger partial charge in [-0.15, -0.1) is 0 Å². The molecule has 0 spiro atoms. The van der Waals surface area contributed by atoms with Gasteiger partial charge in [-0.05, 0) is 43.3 Å². The van der Waals surface area contributed by atoms with Crippen LogP contribution in [0.3, 0.4) is 0 Å². The Hall–Kier alpha value is -3.94. The van der Waals surface area contributed by atoms with Crippen LogP contribution in [-0.2, 0) is 9.53 Å². The van der Waals surface area contributed by atoms with E-state index in [0.29, 0.717) is 11.3 Å². The van der Waals surface area contributed by atoms with Crippen LogP contribution >= 0.6 is 0 Å². The van der Waals surface area contributed by atoms with Crippen molar-refractivity contribution >= 4 is 33.9 Å². The van der Waals surface area contributed by atoms with Crippen molar-refractivity contribution in [2.45, 2.75) is 13.3 Å². The Balaban J connectivity index is 1.33. The van der Waals surface area contributed by atoms with E-state index in [9.17, 15) is 9.90 Å². The van der Waals surface area contributed by atoms with Crippen molar-refractivity contribution in [1.82, 2.24) is 9.88 Å². The molecule has 3 N–H and O–H groups in total. The Labute approximate surface area is 216 Å². The van der Waals surface area contributed by atoms with Gasteiger partial charge in [0.05, 0.1) is 30.2 Å². The van der Waals surface area contributed by atoms with Crippen LogP contribution in [0.5, 0.6) is 5.88 Å². The Kier molecular flexibility index (Phi) is 7.63. The Morgan fingerprint density at radius 2 is 1.73 bits per heavy atom. The standard InChI is InChI=1S/C30H32N4O3/c1-21(15-16-34-17-19-37-20-18-34)29(35)32-24-13-11-23(12-14-24)31-28(22-7-3-2-4-8-22)27-25-9-5-6-10-26(25)33-30(27)36/h2-14,21,33,36H,15-20H2,1H3,(H,32,35). The number of para-hydroxylation sites is 1. The number of hydrogen-bond donors (Lipinski definition) is 3. The summed E-state index contributed by atoms with van der Waals surface area (Å²) in [6.07, 6.45) is 0.808. The SMILES string of the molecule is CC(CCN1CCOCC1)C(=O)Nc1ccc(N=C(c2ccccc2)c2c(O)[nH]c3ccccc23)cc1. The van der Waals surface area contributed by atoms with E-state index >= 15 is 0 Å². The highest BCUT2D eigenvalue weighted by Gasteiger charge is 2.19. The zero-order chi connectivity index (χ0) is 25.6. The summed E-state index contributed by atoms with van der Waals surface area (Å²) >= 11 is 0. The van der Waals surface area contributed by atoms with Crippen molar-refractivity contribution in [1.29, 1.82) is 0 Å².